The molecule has 33 heavy (non-hydrogen) atoms. The van der Waals surface area contributed by atoms with Crippen molar-refractivity contribution in [3.05, 3.63) is 59.3 Å². The molecule has 2 saturated heterocycles. The van der Waals surface area contributed by atoms with Crippen LogP contribution in [-0.2, 0) is 14.4 Å². The fourth-order valence-electron chi connectivity index (χ4n) is 3.71. The maximum absolute atomic E-state index is 12.6. The number of benzene rings is 1. The van der Waals surface area contributed by atoms with Crippen LogP contribution in [0.1, 0.15) is 12.0 Å². The van der Waals surface area contributed by atoms with Crippen LogP contribution < -0.4 is 15.0 Å². The number of ether oxygens (including phenoxy) is 1. The Hall–Kier alpha value is -3.66. The van der Waals surface area contributed by atoms with E-state index >= 15 is 0 Å². The summed E-state index contributed by atoms with van der Waals surface area (Å²) in [6, 6.07) is 10.7. The summed E-state index contributed by atoms with van der Waals surface area (Å²) in [6.45, 7) is 0.397. The smallest absolute Gasteiger partial charge is 0.293 e. The van der Waals surface area contributed by atoms with Gasteiger partial charge in [-0.15, -0.1) is 0 Å². The number of rotatable bonds is 7. The number of hydrogen-bond donors (Lipinski definition) is 1. The second-order valence-electron chi connectivity index (χ2n) is 7.49. The molecule has 1 atom stereocenters. The summed E-state index contributed by atoms with van der Waals surface area (Å²) >= 11 is 0.857. The van der Waals surface area contributed by atoms with Crippen molar-refractivity contribution in [1.29, 1.82) is 0 Å². The summed E-state index contributed by atoms with van der Waals surface area (Å²) in [6.07, 6.45) is 4.93. The van der Waals surface area contributed by atoms with Gasteiger partial charge in [0.25, 0.3) is 11.1 Å². The van der Waals surface area contributed by atoms with E-state index in [-0.39, 0.29) is 43.1 Å². The predicted octanol–water partition coefficient (Wildman–Crippen LogP) is 2.30. The third kappa shape index (κ3) is 4.90. The molecule has 0 bridgehead atoms. The van der Waals surface area contributed by atoms with E-state index in [4.69, 9.17) is 4.74 Å². The Balaban J connectivity index is 1.31. The van der Waals surface area contributed by atoms with E-state index in [1.165, 1.54) is 7.11 Å². The van der Waals surface area contributed by atoms with Crippen LogP contribution in [0.2, 0.25) is 0 Å². The molecule has 3 heterocycles. The van der Waals surface area contributed by atoms with Gasteiger partial charge < -0.3 is 15.0 Å². The maximum atomic E-state index is 12.6. The zero-order valence-electron chi connectivity index (χ0n) is 17.9. The van der Waals surface area contributed by atoms with Crippen LogP contribution in [0.25, 0.3) is 6.08 Å². The van der Waals surface area contributed by atoms with E-state index in [1.807, 2.05) is 6.07 Å². The van der Waals surface area contributed by atoms with Crippen molar-refractivity contribution in [2.24, 2.45) is 5.92 Å². The Morgan fingerprint density at radius 2 is 2.06 bits per heavy atom. The Bertz CT molecular complexity index is 1120. The van der Waals surface area contributed by atoms with Crippen LogP contribution in [0.4, 0.5) is 10.5 Å². The minimum absolute atomic E-state index is 0.0532. The minimum Gasteiger partial charge on any atom is -0.495 e. The highest BCUT2D eigenvalue weighted by Gasteiger charge is 2.37. The number of methoxy groups -OCH3 is 1. The summed E-state index contributed by atoms with van der Waals surface area (Å²) in [5.74, 6) is -0.820. The van der Waals surface area contributed by atoms with Gasteiger partial charge >= 0.3 is 0 Å². The fourth-order valence-corrected chi connectivity index (χ4v) is 4.57. The van der Waals surface area contributed by atoms with Gasteiger partial charge in [0, 0.05) is 38.4 Å². The van der Waals surface area contributed by atoms with E-state index in [1.54, 1.807) is 53.7 Å². The number of anilines is 1. The lowest BCUT2D eigenvalue weighted by Gasteiger charge is -2.19. The lowest BCUT2D eigenvalue weighted by Crippen LogP contribution is -2.40. The van der Waals surface area contributed by atoms with E-state index in [0.29, 0.717) is 16.3 Å². The Morgan fingerprint density at radius 3 is 2.82 bits per heavy atom. The number of nitrogens with one attached hydrogen (secondary N) is 1. The van der Waals surface area contributed by atoms with E-state index in [9.17, 15) is 19.2 Å². The number of thioether (sulfide) groups is 1. The van der Waals surface area contributed by atoms with Gasteiger partial charge in [-0.3, -0.25) is 29.1 Å². The first kappa shape index (κ1) is 22.5. The van der Waals surface area contributed by atoms with Crippen LogP contribution >= 0.6 is 11.8 Å². The molecule has 4 amide bonds. The molecule has 0 radical (unpaired) electrons. The molecule has 2 aliphatic heterocycles. The molecule has 0 saturated carbocycles. The second kappa shape index (κ2) is 9.86. The summed E-state index contributed by atoms with van der Waals surface area (Å²) in [5.41, 5.74) is 1.35. The first-order chi connectivity index (χ1) is 16.0. The van der Waals surface area contributed by atoms with E-state index < -0.39 is 11.8 Å². The number of imide groups is 1. The quantitative estimate of drug-likeness (QED) is 0.624. The van der Waals surface area contributed by atoms with Crippen molar-refractivity contribution in [1.82, 2.24) is 15.2 Å². The van der Waals surface area contributed by atoms with Crippen molar-refractivity contribution in [3.8, 4) is 5.75 Å². The lowest BCUT2D eigenvalue weighted by molar-refractivity contribution is -0.127. The molecular weight excluding hydrogens is 444 g/mol. The summed E-state index contributed by atoms with van der Waals surface area (Å²) in [7, 11) is 1.53. The molecule has 2 aromatic rings. The van der Waals surface area contributed by atoms with Gasteiger partial charge in [0.1, 0.15) is 5.75 Å². The largest absolute Gasteiger partial charge is 0.495 e. The monoisotopic (exact) mass is 466 g/mol. The minimum atomic E-state index is -0.525. The van der Waals surface area contributed by atoms with Crippen molar-refractivity contribution in [2.45, 2.75) is 6.42 Å². The third-order valence-electron chi connectivity index (χ3n) is 5.36. The number of carbonyl (C=O) groups excluding carboxylic acids is 4. The van der Waals surface area contributed by atoms with Gasteiger partial charge in [-0.25, -0.2) is 0 Å². The number of amides is 4. The number of nitrogens with zero attached hydrogens (tertiary/aromatic N) is 3. The average Bonchev–Trinajstić information content (AvgIpc) is 3.34. The zero-order valence-corrected chi connectivity index (χ0v) is 18.7. The van der Waals surface area contributed by atoms with Gasteiger partial charge in [0.05, 0.1) is 23.6 Å². The first-order valence-corrected chi connectivity index (χ1v) is 11.2. The molecule has 1 aromatic heterocycles. The SMILES string of the molecule is COc1ccccc1N1CC(C(=O)NCCN2C(=O)S/C(=C/c3cccnc3)C2=O)CC1=O. The van der Waals surface area contributed by atoms with Crippen LogP contribution in [0.3, 0.4) is 0 Å². The van der Waals surface area contributed by atoms with E-state index in [0.717, 1.165) is 22.2 Å². The Morgan fingerprint density at radius 1 is 1.24 bits per heavy atom. The van der Waals surface area contributed by atoms with Crippen molar-refractivity contribution >= 4 is 46.5 Å². The number of hydrogen-bond acceptors (Lipinski definition) is 7. The van der Waals surface area contributed by atoms with Crippen LogP contribution in [-0.4, -0.2) is 59.6 Å². The van der Waals surface area contributed by atoms with Crippen LogP contribution in [0.15, 0.2) is 53.7 Å². The van der Waals surface area contributed by atoms with Gasteiger partial charge in [-0.2, -0.15) is 0 Å². The molecule has 4 rings (SSSR count). The lowest BCUT2D eigenvalue weighted by atomic mass is 10.1. The van der Waals surface area contributed by atoms with Gasteiger partial charge in [-0.1, -0.05) is 18.2 Å². The first-order valence-electron chi connectivity index (χ1n) is 10.3. The zero-order chi connectivity index (χ0) is 23.4. The molecule has 1 N–H and O–H groups in total. The summed E-state index contributed by atoms with van der Waals surface area (Å²) in [4.78, 5) is 56.9. The normalized spacial score (nSPS) is 19.5. The molecule has 10 heteroatoms. The molecular formula is C23H22N4O5S. The predicted molar refractivity (Wildman–Crippen MR) is 123 cm³/mol. The van der Waals surface area contributed by atoms with Gasteiger partial charge in [0.15, 0.2) is 0 Å². The Labute approximate surface area is 194 Å². The van der Waals surface area contributed by atoms with Crippen molar-refractivity contribution in [3.63, 3.8) is 0 Å². The van der Waals surface area contributed by atoms with Crippen LogP contribution in [0.5, 0.6) is 5.75 Å². The molecule has 0 spiro atoms. The molecule has 9 nitrogen and oxygen atoms in total. The molecule has 2 fully saturated rings. The van der Waals surface area contributed by atoms with Crippen LogP contribution in [0, 0.1) is 5.92 Å². The topological polar surface area (TPSA) is 109 Å². The second-order valence-corrected chi connectivity index (χ2v) is 8.48. The Kier molecular flexibility index (Phi) is 6.74. The summed E-state index contributed by atoms with van der Waals surface area (Å²) in [5, 5.41) is 2.36. The molecule has 1 unspecified atom stereocenters. The van der Waals surface area contributed by atoms with Crippen molar-refractivity contribution < 1.29 is 23.9 Å². The van der Waals surface area contributed by atoms with Crippen molar-refractivity contribution in [2.75, 3.05) is 31.6 Å². The molecule has 170 valence electrons. The average molecular weight is 467 g/mol. The summed E-state index contributed by atoms with van der Waals surface area (Å²) < 4.78 is 5.32. The highest BCUT2D eigenvalue weighted by Crippen LogP contribution is 2.33. The number of carbonyl (C=O) groups is 4. The molecule has 0 aliphatic carbocycles. The molecule has 2 aliphatic rings. The van der Waals surface area contributed by atoms with E-state index in [2.05, 4.69) is 10.3 Å². The molecule has 1 aromatic carbocycles. The van der Waals surface area contributed by atoms with Gasteiger partial charge in [-0.05, 0) is 41.6 Å². The number of aromatic nitrogens is 1. The number of pyridine rings is 1. The maximum Gasteiger partial charge on any atom is 0.293 e. The highest BCUT2D eigenvalue weighted by atomic mass is 32.2. The third-order valence-corrected chi connectivity index (χ3v) is 6.27. The van der Waals surface area contributed by atoms with Gasteiger partial charge in [0.2, 0.25) is 11.8 Å². The highest BCUT2D eigenvalue weighted by molar-refractivity contribution is 8.18. The number of para-hydroxylation sites is 2. The fraction of sp³-hybridized carbons (Fsp3) is 0.261. The standard InChI is InChI=1S/C23H22N4O5S/c1-32-18-7-3-2-6-17(18)27-14-16(12-20(27)28)21(29)25-9-10-26-22(30)19(33-23(26)31)11-15-5-4-8-24-13-15/h2-8,11,13,16H,9-10,12,14H2,1H3,(H,25,29)/b19-11+.